The van der Waals surface area contributed by atoms with Crippen LogP contribution in [0, 0.1) is 13.8 Å². The number of hydrogen-bond donors (Lipinski definition) is 1. The topological polar surface area (TPSA) is 81.4 Å². The van der Waals surface area contributed by atoms with Gasteiger partial charge in [-0.05, 0) is 50.1 Å². The Bertz CT molecular complexity index is 1290. The van der Waals surface area contributed by atoms with Crippen LogP contribution in [0.15, 0.2) is 41.5 Å². The van der Waals surface area contributed by atoms with E-state index in [1.165, 1.54) is 5.56 Å². The first-order valence-electron chi connectivity index (χ1n) is 11.3. The summed E-state index contributed by atoms with van der Waals surface area (Å²) in [4.78, 5) is 31.4. The smallest absolute Gasteiger partial charge is 0.338 e. The van der Waals surface area contributed by atoms with E-state index < -0.39 is 0 Å². The summed E-state index contributed by atoms with van der Waals surface area (Å²) in [5.41, 5.74) is 6.60. The Kier molecular flexibility index (Phi) is 5.42. The second-order valence-electron chi connectivity index (χ2n) is 9.18. The summed E-state index contributed by atoms with van der Waals surface area (Å²) in [7, 11) is 1.83. The van der Waals surface area contributed by atoms with Gasteiger partial charge in [0.2, 0.25) is 0 Å². The maximum Gasteiger partial charge on any atom is 0.338 e. The number of carbonyl (C=O) groups excluding carboxylic acids is 1. The van der Waals surface area contributed by atoms with Crippen molar-refractivity contribution < 1.29 is 9.53 Å². The molecule has 0 spiro atoms. The number of benzene rings is 1. The van der Waals surface area contributed by atoms with Crippen LogP contribution in [-0.2, 0) is 24.9 Å². The molecule has 5 rings (SSSR count). The van der Waals surface area contributed by atoms with Crippen molar-refractivity contribution in [3.63, 3.8) is 0 Å². The molecule has 4 heterocycles. The number of rotatable bonds is 4. The minimum atomic E-state index is -0.235. The van der Waals surface area contributed by atoms with Gasteiger partial charge in [-0.1, -0.05) is 6.07 Å². The number of aromatic nitrogens is 3. The minimum Gasteiger partial charge on any atom is -0.457 e. The van der Waals surface area contributed by atoms with Crippen LogP contribution in [0.1, 0.15) is 51.4 Å². The summed E-state index contributed by atoms with van der Waals surface area (Å²) in [6, 6.07) is 8.13. The molecule has 1 aromatic carbocycles. The molecule has 1 fully saturated rings. The molecule has 0 saturated carbocycles. The van der Waals surface area contributed by atoms with E-state index >= 15 is 0 Å². The maximum atomic E-state index is 12.9. The molecular formula is C25H29N5O3. The number of ether oxygens (including phenoxy) is 1. The lowest BCUT2D eigenvalue weighted by molar-refractivity contribution is 0.0535. The van der Waals surface area contributed by atoms with Crippen LogP contribution in [0.2, 0.25) is 0 Å². The summed E-state index contributed by atoms with van der Waals surface area (Å²) in [5.74, 6) is -0.235. The predicted octanol–water partition coefficient (Wildman–Crippen LogP) is 2.39. The van der Waals surface area contributed by atoms with Crippen LogP contribution in [0.25, 0.3) is 5.69 Å². The number of imidazole rings is 1. The Morgan fingerprint density at radius 1 is 1.18 bits per heavy atom. The highest BCUT2D eigenvalue weighted by atomic mass is 16.5. The fourth-order valence-electron chi connectivity index (χ4n) is 5.05. The van der Waals surface area contributed by atoms with Gasteiger partial charge in [0.15, 0.2) is 0 Å². The van der Waals surface area contributed by atoms with Crippen molar-refractivity contribution in [1.29, 1.82) is 0 Å². The summed E-state index contributed by atoms with van der Waals surface area (Å²) in [6.07, 6.45) is 3.66. The predicted molar refractivity (Wildman–Crippen MR) is 124 cm³/mol. The molecule has 1 N–H and O–H groups in total. The lowest BCUT2D eigenvalue weighted by Gasteiger charge is -2.38. The van der Waals surface area contributed by atoms with Crippen molar-refractivity contribution in [3.05, 3.63) is 80.8 Å². The minimum absolute atomic E-state index is 0.0607. The summed E-state index contributed by atoms with van der Waals surface area (Å²) in [5, 5.41) is 3.71. The van der Waals surface area contributed by atoms with Crippen molar-refractivity contribution in [2.75, 3.05) is 13.1 Å². The standard InChI is InChI=1S/C25H29N5O3/c1-15-9-18(7-8-26-15)30-12-19(28(4)25(30)32)11-29-10-16(2)27-23(13-29)20-5-6-21-22(17(20)3)14-33-24(21)31/h5-9,12,16,23,27H,10-11,13-14H2,1-4H3/t16-,23-/m0/s1. The Hall–Kier alpha value is -3.23. The number of piperazine rings is 1. The molecule has 8 heteroatoms. The molecule has 0 bridgehead atoms. The van der Waals surface area contributed by atoms with Gasteiger partial charge in [0, 0.05) is 62.4 Å². The second kappa shape index (κ2) is 8.28. The van der Waals surface area contributed by atoms with Crippen molar-refractivity contribution >= 4 is 5.97 Å². The Morgan fingerprint density at radius 3 is 2.79 bits per heavy atom. The van der Waals surface area contributed by atoms with Gasteiger partial charge in [0.05, 0.1) is 16.9 Å². The largest absolute Gasteiger partial charge is 0.457 e. The molecule has 3 aromatic rings. The first-order chi connectivity index (χ1) is 15.8. The van der Waals surface area contributed by atoms with Crippen LogP contribution in [-0.4, -0.2) is 44.1 Å². The summed E-state index contributed by atoms with van der Waals surface area (Å²) >= 11 is 0. The van der Waals surface area contributed by atoms with E-state index in [4.69, 9.17) is 4.74 Å². The number of cyclic esters (lactones) is 1. The number of nitrogens with one attached hydrogen (secondary N) is 1. The fraction of sp³-hybridized carbons (Fsp3) is 0.400. The zero-order valence-corrected chi connectivity index (χ0v) is 19.5. The van der Waals surface area contributed by atoms with Gasteiger partial charge in [-0.3, -0.25) is 19.0 Å². The number of hydrogen-bond acceptors (Lipinski definition) is 6. The maximum absolute atomic E-state index is 12.9. The third-order valence-electron chi connectivity index (χ3n) is 6.79. The van der Waals surface area contributed by atoms with Gasteiger partial charge >= 0.3 is 11.7 Å². The zero-order chi connectivity index (χ0) is 23.3. The van der Waals surface area contributed by atoms with Crippen LogP contribution in [0.4, 0.5) is 0 Å². The van der Waals surface area contributed by atoms with Gasteiger partial charge in [0.25, 0.3) is 0 Å². The third kappa shape index (κ3) is 3.89. The summed E-state index contributed by atoms with van der Waals surface area (Å²) in [6.45, 7) is 8.90. The van der Waals surface area contributed by atoms with E-state index in [1.807, 2.05) is 44.4 Å². The van der Waals surface area contributed by atoms with Crippen molar-refractivity contribution in [2.24, 2.45) is 7.05 Å². The molecule has 2 aliphatic rings. The van der Waals surface area contributed by atoms with E-state index in [0.29, 0.717) is 18.7 Å². The van der Waals surface area contributed by atoms with E-state index in [1.54, 1.807) is 15.3 Å². The van der Waals surface area contributed by atoms with E-state index in [2.05, 4.69) is 29.0 Å². The zero-order valence-electron chi connectivity index (χ0n) is 19.5. The van der Waals surface area contributed by atoms with Crippen LogP contribution in [0.5, 0.6) is 0 Å². The molecule has 172 valence electrons. The highest BCUT2D eigenvalue weighted by Gasteiger charge is 2.30. The lowest BCUT2D eigenvalue weighted by Crippen LogP contribution is -2.51. The molecule has 2 atom stereocenters. The monoisotopic (exact) mass is 447 g/mol. The number of nitrogens with zero attached hydrogens (tertiary/aromatic N) is 4. The van der Waals surface area contributed by atoms with Gasteiger partial charge in [0.1, 0.15) is 6.61 Å². The van der Waals surface area contributed by atoms with Crippen molar-refractivity contribution in [1.82, 2.24) is 24.3 Å². The second-order valence-corrected chi connectivity index (χ2v) is 9.18. The van der Waals surface area contributed by atoms with Gasteiger partial charge in [-0.25, -0.2) is 9.59 Å². The van der Waals surface area contributed by atoms with E-state index in [-0.39, 0.29) is 23.7 Å². The van der Waals surface area contributed by atoms with Crippen LogP contribution < -0.4 is 11.0 Å². The normalized spacial score (nSPS) is 20.7. The molecule has 0 aliphatic carbocycles. The first kappa shape index (κ1) is 21.6. The molecule has 0 radical (unpaired) electrons. The van der Waals surface area contributed by atoms with Crippen molar-refractivity contribution in [3.8, 4) is 5.69 Å². The SMILES string of the molecule is Cc1cc(-n2cc(CN3C[C@@H](c4ccc5c(c4C)COC5=O)N[C@@H](C)C3)n(C)c2=O)ccn1. The van der Waals surface area contributed by atoms with Crippen LogP contribution >= 0.6 is 0 Å². The number of pyridine rings is 1. The van der Waals surface area contributed by atoms with Gasteiger partial charge < -0.3 is 10.1 Å². The molecule has 8 nitrogen and oxygen atoms in total. The lowest BCUT2D eigenvalue weighted by atomic mass is 9.92. The average molecular weight is 448 g/mol. The van der Waals surface area contributed by atoms with Crippen molar-refractivity contribution in [2.45, 2.75) is 46.0 Å². The highest BCUT2D eigenvalue weighted by Crippen LogP contribution is 2.31. The molecule has 33 heavy (non-hydrogen) atoms. The number of esters is 1. The third-order valence-corrected chi connectivity index (χ3v) is 6.79. The molecule has 2 aromatic heterocycles. The Morgan fingerprint density at radius 2 is 2.00 bits per heavy atom. The van der Waals surface area contributed by atoms with Crippen LogP contribution in [0.3, 0.4) is 0 Å². The number of fused-ring (bicyclic) bond motifs is 1. The fourth-order valence-corrected chi connectivity index (χ4v) is 5.05. The molecule has 1 saturated heterocycles. The number of carbonyl (C=O) groups is 1. The average Bonchev–Trinajstić information content (AvgIpc) is 3.29. The van der Waals surface area contributed by atoms with E-state index in [0.717, 1.165) is 41.3 Å². The quantitative estimate of drug-likeness (QED) is 0.619. The molecule has 0 amide bonds. The molecule has 2 aliphatic heterocycles. The Labute approximate surface area is 192 Å². The first-order valence-corrected chi connectivity index (χ1v) is 11.3. The van der Waals surface area contributed by atoms with Gasteiger partial charge in [-0.2, -0.15) is 0 Å². The number of aryl methyl sites for hydroxylation is 1. The highest BCUT2D eigenvalue weighted by molar-refractivity contribution is 5.94. The van der Waals surface area contributed by atoms with E-state index in [9.17, 15) is 9.59 Å². The van der Waals surface area contributed by atoms with Gasteiger partial charge in [-0.15, -0.1) is 0 Å². The molecular weight excluding hydrogens is 418 g/mol. The Balaban J connectivity index is 1.40. The molecule has 0 unspecified atom stereocenters. The summed E-state index contributed by atoms with van der Waals surface area (Å²) < 4.78 is 8.64.